The standard InChI is InChI=1S/C13H24N4/c1-8-11(14-7)16-10(3)17-12(8)15-9(2)13(4,5)6/h9H,1-7H3,(H2,14,15,16,17). The fourth-order valence-corrected chi connectivity index (χ4v) is 1.43. The van der Waals surface area contributed by atoms with E-state index in [1.807, 2.05) is 20.9 Å². The van der Waals surface area contributed by atoms with Crippen LogP contribution in [-0.4, -0.2) is 23.1 Å². The van der Waals surface area contributed by atoms with Gasteiger partial charge in [-0.2, -0.15) is 0 Å². The lowest BCUT2D eigenvalue weighted by Gasteiger charge is -2.29. The molecule has 2 N–H and O–H groups in total. The summed E-state index contributed by atoms with van der Waals surface area (Å²) in [7, 11) is 1.88. The Morgan fingerprint density at radius 1 is 1.06 bits per heavy atom. The van der Waals surface area contributed by atoms with Crippen LogP contribution in [0.2, 0.25) is 0 Å². The van der Waals surface area contributed by atoms with Crippen LogP contribution in [0.3, 0.4) is 0 Å². The second-order valence-corrected chi connectivity index (χ2v) is 5.58. The summed E-state index contributed by atoms with van der Waals surface area (Å²) in [5.74, 6) is 2.59. The maximum Gasteiger partial charge on any atom is 0.134 e. The zero-order chi connectivity index (χ0) is 13.2. The average Bonchev–Trinajstić information content (AvgIpc) is 2.21. The summed E-state index contributed by atoms with van der Waals surface area (Å²) in [4.78, 5) is 8.83. The van der Waals surface area contributed by atoms with Gasteiger partial charge in [-0.15, -0.1) is 0 Å². The summed E-state index contributed by atoms with van der Waals surface area (Å²) >= 11 is 0. The van der Waals surface area contributed by atoms with E-state index in [0.29, 0.717) is 6.04 Å². The number of nitrogens with zero attached hydrogens (tertiary/aromatic N) is 2. The first-order chi connectivity index (χ1) is 7.75. The minimum Gasteiger partial charge on any atom is -0.373 e. The molecule has 0 aliphatic heterocycles. The Balaban J connectivity index is 3.03. The highest BCUT2D eigenvalue weighted by Crippen LogP contribution is 2.25. The number of nitrogens with one attached hydrogen (secondary N) is 2. The SMILES string of the molecule is CNc1nc(C)nc(NC(C)C(C)(C)C)c1C. The zero-order valence-electron chi connectivity index (χ0n) is 12.0. The number of hydrogen-bond acceptors (Lipinski definition) is 4. The third-order valence-electron chi connectivity index (χ3n) is 3.15. The molecule has 0 aliphatic rings. The molecule has 1 aromatic rings. The average molecular weight is 236 g/mol. The van der Waals surface area contributed by atoms with E-state index in [9.17, 15) is 0 Å². The molecule has 1 unspecified atom stereocenters. The Kier molecular flexibility index (Phi) is 3.96. The van der Waals surface area contributed by atoms with Crippen LogP contribution in [0.1, 0.15) is 39.1 Å². The molecule has 1 aromatic heterocycles. The van der Waals surface area contributed by atoms with Crippen LogP contribution < -0.4 is 10.6 Å². The lowest BCUT2D eigenvalue weighted by molar-refractivity contribution is 0.358. The Hall–Kier alpha value is -1.32. The Labute approximate surface area is 104 Å². The monoisotopic (exact) mass is 236 g/mol. The molecule has 0 saturated carbocycles. The second-order valence-electron chi connectivity index (χ2n) is 5.58. The number of aromatic nitrogens is 2. The predicted octanol–water partition coefficient (Wildman–Crippen LogP) is 2.98. The maximum atomic E-state index is 4.47. The van der Waals surface area contributed by atoms with Gasteiger partial charge >= 0.3 is 0 Å². The van der Waals surface area contributed by atoms with Gasteiger partial charge in [0.2, 0.25) is 0 Å². The topological polar surface area (TPSA) is 49.8 Å². The molecule has 0 aromatic carbocycles. The summed E-state index contributed by atoms with van der Waals surface area (Å²) in [6.45, 7) is 12.8. The molecule has 0 bridgehead atoms. The van der Waals surface area contributed by atoms with E-state index in [1.165, 1.54) is 0 Å². The van der Waals surface area contributed by atoms with E-state index in [2.05, 4.69) is 48.3 Å². The van der Waals surface area contributed by atoms with Crippen LogP contribution in [-0.2, 0) is 0 Å². The second kappa shape index (κ2) is 4.90. The van der Waals surface area contributed by atoms with Crippen molar-refractivity contribution in [1.82, 2.24) is 9.97 Å². The molecule has 4 nitrogen and oxygen atoms in total. The molecule has 0 fully saturated rings. The van der Waals surface area contributed by atoms with Gasteiger partial charge in [0.15, 0.2) is 0 Å². The fourth-order valence-electron chi connectivity index (χ4n) is 1.43. The van der Waals surface area contributed by atoms with Gasteiger partial charge in [0.25, 0.3) is 0 Å². The number of hydrogen-bond donors (Lipinski definition) is 2. The first-order valence-electron chi connectivity index (χ1n) is 6.05. The first-order valence-corrected chi connectivity index (χ1v) is 6.05. The van der Waals surface area contributed by atoms with Crippen molar-refractivity contribution in [2.45, 2.75) is 47.6 Å². The van der Waals surface area contributed by atoms with Crippen molar-refractivity contribution in [2.75, 3.05) is 17.7 Å². The highest BCUT2D eigenvalue weighted by molar-refractivity contribution is 5.57. The quantitative estimate of drug-likeness (QED) is 0.847. The summed E-state index contributed by atoms with van der Waals surface area (Å²) in [6.07, 6.45) is 0. The molecule has 0 aliphatic carbocycles. The molecule has 0 saturated heterocycles. The third-order valence-corrected chi connectivity index (χ3v) is 3.15. The van der Waals surface area contributed by atoms with Crippen LogP contribution in [0.15, 0.2) is 0 Å². The molecule has 4 heteroatoms. The molecule has 96 valence electrons. The first kappa shape index (κ1) is 13.7. The molecular formula is C13H24N4. The highest BCUT2D eigenvalue weighted by atomic mass is 15.1. The summed E-state index contributed by atoms with van der Waals surface area (Å²) in [6, 6.07) is 0.347. The molecule has 0 spiro atoms. The molecule has 1 rings (SSSR count). The van der Waals surface area contributed by atoms with Gasteiger partial charge < -0.3 is 10.6 Å². The van der Waals surface area contributed by atoms with Gasteiger partial charge in [0.1, 0.15) is 17.5 Å². The zero-order valence-corrected chi connectivity index (χ0v) is 12.0. The van der Waals surface area contributed by atoms with Crippen molar-refractivity contribution in [3.63, 3.8) is 0 Å². The van der Waals surface area contributed by atoms with Gasteiger partial charge in [0, 0.05) is 18.7 Å². The summed E-state index contributed by atoms with van der Waals surface area (Å²) in [5, 5.41) is 6.57. The van der Waals surface area contributed by atoms with Crippen LogP contribution in [0.4, 0.5) is 11.6 Å². The van der Waals surface area contributed by atoms with Crippen molar-refractivity contribution in [1.29, 1.82) is 0 Å². The van der Waals surface area contributed by atoms with Crippen LogP contribution in [0.5, 0.6) is 0 Å². The number of aryl methyl sites for hydroxylation is 1. The molecule has 1 atom stereocenters. The van der Waals surface area contributed by atoms with E-state index < -0.39 is 0 Å². The number of anilines is 2. The smallest absolute Gasteiger partial charge is 0.134 e. The van der Waals surface area contributed by atoms with Crippen molar-refractivity contribution in [2.24, 2.45) is 5.41 Å². The fraction of sp³-hybridized carbons (Fsp3) is 0.692. The molecule has 0 amide bonds. The van der Waals surface area contributed by atoms with E-state index in [-0.39, 0.29) is 5.41 Å². The van der Waals surface area contributed by atoms with Gasteiger partial charge in [-0.05, 0) is 26.2 Å². The van der Waals surface area contributed by atoms with Crippen LogP contribution in [0, 0.1) is 19.3 Å². The lowest BCUT2D eigenvalue weighted by Crippen LogP contribution is -2.31. The maximum absolute atomic E-state index is 4.47. The van der Waals surface area contributed by atoms with Crippen molar-refractivity contribution in [3.8, 4) is 0 Å². The molecule has 1 heterocycles. The Morgan fingerprint density at radius 2 is 1.59 bits per heavy atom. The van der Waals surface area contributed by atoms with E-state index in [0.717, 1.165) is 23.0 Å². The van der Waals surface area contributed by atoms with Gasteiger partial charge in [-0.25, -0.2) is 9.97 Å². The minimum absolute atomic E-state index is 0.200. The van der Waals surface area contributed by atoms with Crippen molar-refractivity contribution in [3.05, 3.63) is 11.4 Å². The molecule has 17 heavy (non-hydrogen) atoms. The minimum atomic E-state index is 0.200. The Morgan fingerprint density at radius 3 is 2.06 bits per heavy atom. The van der Waals surface area contributed by atoms with E-state index in [1.54, 1.807) is 0 Å². The summed E-state index contributed by atoms with van der Waals surface area (Å²) < 4.78 is 0. The molecular weight excluding hydrogens is 212 g/mol. The highest BCUT2D eigenvalue weighted by Gasteiger charge is 2.21. The van der Waals surface area contributed by atoms with Crippen LogP contribution in [0.25, 0.3) is 0 Å². The molecule has 0 radical (unpaired) electrons. The van der Waals surface area contributed by atoms with E-state index in [4.69, 9.17) is 0 Å². The van der Waals surface area contributed by atoms with Crippen LogP contribution >= 0.6 is 0 Å². The van der Waals surface area contributed by atoms with Crippen molar-refractivity contribution < 1.29 is 0 Å². The largest absolute Gasteiger partial charge is 0.373 e. The lowest BCUT2D eigenvalue weighted by atomic mass is 9.88. The third kappa shape index (κ3) is 3.32. The summed E-state index contributed by atoms with van der Waals surface area (Å²) in [5.41, 5.74) is 1.26. The predicted molar refractivity (Wildman–Crippen MR) is 73.6 cm³/mol. The van der Waals surface area contributed by atoms with Gasteiger partial charge in [-0.3, -0.25) is 0 Å². The number of rotatable bonds is 3. The van der Waals surface area contributed by atoms with Crippen molar-refractivity contribution >= 4 is 11.6 Å². The van der Waals surface area contributed by atoms with E-state index >= 15 is 0 Å². The van der Waals surface area contributed by atoms with Gasteiger partial charge in [-0.1, -0.05) is 20.8 Å². The van der Waals surface area contributed by atoms with Gasteiger partial charge in [0.05, 0.1) is 0 Å². The Bertz CT molecular complexity index is 393. The normalized spacial score (nSPS) is 13.4.